The molecule has 1 aliphatic heterocycles. The number of nitrogens with one attached hydrogen (secondary N) is 2. The van der Waals surface area contributed by atoms with Crippen LogP contribution in [0.15, 0.2) is 54.9 Å². The van der Waals surface area contributed by atoms with Crippen LogP contribution in [0.5, 0.6) is 0 Å². The zero-order valence-electron chi connectivity index (χ0n) is 18.3. The van der Waals surface area contributed by atoms with Crippen molar-refractivity contribution in [2.45, 2.75) is 38.4 Å². The minimum absolute atomic E-state index is 0.118. The van der Waals surface area contributed by atoms with E-state index in [0.717, 1.165) is 17.3 Å². The molecule has 6 nitrogen and oxygen atoms in total. The molecule has 9 heteroatoms. The fourth-order valence-electron chi connectivity index (χ4n) is 4.19. The highest BCUT2D eigenvalue weighted by Gasteiger charge is 2.37. The lowest BCUT2D eigenvalue weighted by Crippen LogP contribution is -2.44. The number of H-pyrrole nitrogens is 1. The van der Waals surface area contributed by atoms with Crippen LogP contribution in [0.3, 0.4) is 0 Å². The standard InChI is InChI=1S/C24H26F3N5O/c1-2-19(21-29-14-20(30-21)16-8-4-3-5-9-16)31-23(33)17-10-7-13-32(15-17)22-18(24(25,26)27)11-6-12-28-22/h3-6,8-9,11-12,14,17,19H,2,7,10,13,15H2,1H3,(H,29,30)(H,31,33). The zero-order valence-corrected chi connectivity index (χ0v) is 18.3. The first-order chi connectivity index (χ1) is 15.9. The molecular formula is C24H26F3N5O. The lowest BCUT2D eigenvalue weighted by molar-refractivity contribution is -0.137. The smallest absolute Gasteiger partial charge is 0.355 e. The number of imidazole rings is 1. The monoisotopic (exact) mass is 457 g/mol. The maximum atomic E-state index is 13.4. The molecule has 174 valence electrons. The van der Waals surface area contributed by atoms with E-state index in [1.165, 1.54) is 12.3 Å². The number of pyridine rings is 1. The molecule has 1 fully saturated rings. The molecule has 33 heavy (non-hydrogen) atoms. The molecule has 0 bridgehead atoms. The number of carbonyl (C=O) groups is 1. The molecule has 1 aromatic carbocycles. The number of halogens is 3. The summed E-state index contributed by atoms with van der Waals surface area (Å²) < 4.78 is 40.3. The summed E-state index contributed by atoms with van der Waals surface area (Å²) in [6.07, 6.45) is 0.441. The van der Waals surface area contributed by atoms with Gasteiger partial charge in [0.1, 0.15) is 11.6 Å². The van der Waals surface area contributed by atoms with Gasteiger partial charge in [-0.1, -0.05) is 37.3 Å². The van der Waals surface area contributed by atoms with Gasteiger partial charge in [0.25, 0.3) is 0 Å². The number of aromatic nitrogens is 3. The quantitative estimate of drug-likeness (QED) is 0.548. The average Bonchev–Trinajstić information content (AvgIpc) is 3.32. The van der Waals surface area contributed by atoms with E-state index < -0.39 is 17.7 Å². The van der Waals surface area contributed by atoms with E-state index in [9.17, 15) is 18.0 Å². The summed E-state index contributed by atoms with van der Waals surface area (Å²) in [6, 6.07) is 11.8. The molecule has 3 aromatic rings. The van der Waals surface area contributed by atoms with Gasteiger partial charge in [0, 0.05) is 19.3 Å². The van der Waals surface area contributed by atoms with Gasteiger partial charge >= 0.3 is 6.18 Å². The van der Waals surface area contributed by atoms with Gasteiger partial charge in [-0.15, -0.1) is 0 Å². The van der Waals surface area contributed by atoms with Gasteiger partial charge in [-0.2, -0.15) is 13.2 Å². The van der Waals surface area contributed by atoms with E-state index in [0.29, 0.717) is 31.6 Å². The second-order valence-electron chi connectivity index (χ2n) is 8.18. The number of rotatable bonds is 6. The Bertz CT molecular complexity index is 1080. The fraction of sp³-hybridized carbons (Fsp3) is 0.375. The molecule has 1 saturated heterocycles. The van der Waals surface area contributed by atoms with Crippen molar-refractivity contribution in [2.75, 3.05) is 18.0 Å². The zero-order chi connectivity index (χ0) is 23.4. The van der Waals surface area contributed by atoms with Gasteiger partial charge in [-0.3, -0.25) is 4.79 Å². The van der Waals surface area contributed by atoms with Crippen LogP contribution in [0.1, 0.15) is 43.6 Å². The maximum absolute atomic E-state index is 13.4. The van der Waals surface area contributed by atoms with Crippen LogP contribution in [0.4, 0.5) is 19.0 Å². The van der Waals surface area contributed by atoms with Gasteiger partial charge in [-0.05, 0) is 37.0 Å². The van der Waals surface area contributed by atoms with E-state index in [1.54, 1.807) is 11.1 Å². The summed E-state index contributed by atoms with van der Waals surface area (Å²) >= 11 is 0. The normalized spacial score (nSPS) is 17.6. The largest absolute Gasteiger partial charge is 0.419 e. The minimum atomic E-state index is -4.50. The van der Waals surface area contributed by atoms with Crippen molar-refractivity contribution in [1.82, 2.24) is 20.3 Å². The second kappa shape index (κ2) is 9.64. The van der Waals surface area contributed by atoms with Crippen molar-refractivity contribution in [1.29, 1.82) is 0 Å². The lowest BCUT2D eigenvalue weighted by atomic mass is 9.96. The Hall–Kier alpha value is -3.36. The summed E-state index contributed by atoms with van der Waals surface area (Å²) in [5, 5.41) is 3.03. The van der Waals surface area contributed by atoms with Crippen molar-refractivity contribution >= 4 is 11.7 Å². The first kappa shape index (κ1) is 22.8. The number of hydrogen-bond acceptors (Lipinski definition) is 4. The van der Waals surface area contributed by atoms with Gasteiger partial charge in [0.15, 0.2) is 0 Å². The highest BCUT2D eigenvalue weighted by molar-refractivity contribution is 5.80. The number of nitrogens with zero attached hydrogens (tertiary/aromatic N) is 3. The van der Waals surface area contributed by atoms with Crippen molar-refractivity contribution in [2.24, 2.45) is 5.92 Å². The Morgan fingerprint density at radius 1 is 1.21 bits per heavy atom. The van der Waals surface area contributed by atoms with E-state index in [-0.39, 0.29) is 24.3 Å². The third-order valence-corrected chi connectivity index (χ3v) is 5.92. The van der Waals surface area contributed by atoms with Crippen molar-refractivity contribution < 1.29 is 18.0 Å². The fourth-order valence-corrected chi connectivity index (χ4v) is 4.19. The Labute approximate surface area is 190 Å². The molecule has 4 rings (SSSR count). The summed E-state index contributed by atoms with van der Waals surface area (Å²) in [6.45, 7) is 2.57. The third-order valence-electron chi connectivity index (χ3n) is 5.92. The van der Waals surface area contributed by atoms with Crippen LogP contribution < -0.4 is 10.2 Å². The van der Waals surface area contributed by atoms with Crippen LogP contribution in [-0.2, 0) is 11.0 Å². The number of carbonyl (C=O) groups excluding carboxylic acids is 1. The number of alkyl halides is 3. The molecule has 3 heterocycles. The van der Waals surface area contributed by atoms with E-state index in [1.807, 2.05) is 37.3 Å². The Morgan fingerprint density at radius 3 is 2.73 bits per heavy atom. The summed E-state index contributed by atoms with van der Waals surface area (Å²) in [5.74, 6) is -0.0809. The number of aromatic amines is 1. The van der Waals surface area contributed by atoms with E-state index in [2.05, 4.69) is 20.3 Å². The van der Waals surface area contributed by atoms with E-state index in [4.69, 9.17) is 0 Å². The minimum Gasteiger partial charge on any atom is -0.355 e. The number of anilines is 1. The molecule has 2 aromatic heterocycles. The second-order valence-corrected chi connectivity index (χ2v) is 8.18. The van der Waals surface area contributed by atoms with E-state index >= 15 is 0 Å². The Morgan fingerprint density at radius 2 is 2.00 bits per heavy atom. The Kier molecular flexibility index (Phi) is 6.67. The van der Waals surface area contributed by atoms with Gasteiger partial charge in [0.2, 0.25) is 5.91 Å². The molecule has 1 aliphatic rings. The third kappa shape index (κ3) is 5.18. The van der Waals surface area contributed by atoms with Crippen molar-refractivity contribution in [3.63, 3.8) is 0 Å². The summed E-state index contributed by atoms with van der Waals surface area (Å²) in [7, 11) is 0. The molecule has 0 aliphatic carbocycles. The van der Waals surface area contributed by atoms with Crippen LogP contribution in [0.2, 0.25) is 0 Å². The van der Waals surface area contributed by atoms with Crippen molar-refractivity contribution in [3.05, 3.63) is 66.2 Å². The topological polar surface area (TPSA) is 73.9 Å². The SMILES string of the molecule is CCC(NC(=O)C1CCCN(c2ncccc2C(F)(F)F)C1)c1ncc(-c2ccccc2)[nH]1. The number of hydrogen-bond donors (Lipinski definition) is 2. The molecule has 2 N–H and O–H groups in total. The predicted molar refractivity (Wildman–Crippen MR) is 119 cm³/mol. The molecule has 0 saturated carbocycles. The highest BCUT2D eigenvalue weighted by Crippen LogP contribution is 2.36. The lowest BCUT2D eigenvalue weighted by Gasteiger charge is -2.34. The summed E-state index contributed by atoms with van der Waals surface area (Å²) in [5.41, 5.74) is 1.08. The first-order valence-corrected chi connectivity index (χ1v) is 11.0. The first-order valence-electron chi connectivity index (χ1n) is 11.0. The van der Waals surface area contributed by atoms with Gasteiger partial charge < -0.3 is 15.2 Å². The van der Waals surface area contributed by atoms with Crippen LogP contribution in [0, 0.1) is 5.92 Å². The molecule has 1 amide bonds. The highest BCUT2D eigenvalue weighted by atomic mass is 19.4. The molecule has 2 unspecified atom stereocenters. The number of amides is 1. The predicted octanol–water partition coefficient (Wildman–Crippen LogP) is 4.97. The number of piperidine rings is 1. The molecular weight excluding hydrogens is 431 g/mol. The molecule has 0 spiro atoms. The maximum Gasteiger partial charge on any atom is 0.419 e. The molecule has 2 atom stereocenters. The molecule has 0 radical (unpaired) electrons. The Balaban J connectivity index is 1.46. The van der Waals surface area contributed by atoms with Crippen LogP contribution in [0.25, 0.3) is 11.3 Å². The van der Waals surface area contributed by atoms with Gasteiger partial charge in [-0.25, -0.2) is 9.97 Å². The van der Waals surface area contributed by atoms with Crippen LogP contribution >= 0.6 is 0 Å². The summed E-state index contributed by atoms with van der Waals surface area (Å²) in [4.78, 5) is 26.3. The van der Waals surface area contributed by atoms with Gasteiger partial charge in [0.05, 0.1) is 29.4 Å². The van der Waals surface area contributed by atoms with Crippen molar-refractivity contribution in [3.8, 4) is 11.3 Å². The van der Waals surface area contributed by atoms with Crippen LogP contribution in [-0.4, -0.2) is 33.9 Å². The number of benzene rings is 1. The average molecular weight is 458 g/mol.